The van der Waals surface area contributed by atoms with Crippen molar-refractivity contribution in [3.63, 3.8) is 0 Å². The molecule has 0 aromatic heterocycles. The lowest BCUT2D eigenvalue weighted by Crippen LogP contribution is -2.63. The summed E-state index contributed by atoms with van der Waals surface area (Å²) in [5.74, 6) is -0.129. The zero-order valence-electron chi connectivity index (χ0n) is 16.2. The minimum Gasteiger partial charge on any atom is -0.349 e. The number of nitrogens with one attached hydrogen (secondary N) is 2. The van der Waals surface area contributed by atoms with Crippen molar-refractivity contribution < 1.29 is 9.59 Å². The van der Waals surface area contributed by atoms with Gasteiger partial charge in [-0.2, -0.15) is 0 Å². The number of hydrogen-bond acceptors (Lipinski definition) is 2. The molecule has 4 nitrogen and oxygen atoms in total. The fourth-order valence-electron chi connectivity index (χ4n) is 3.08. The number of rotatable bonds is 3. The van der Waals surface area contributed by atoms with Gasteiger partial charge in [0.05, 0.1) is 0 Å². The smallest absolute Gasteiger partial charge is 0.252 e. The summed E-state index contributed by atoms with van der Waals surface area (Å²) >= 11 is 0. The number of carbonyl (C=O) groups is 2. The molecule has 2 unspecified atom stereocenters. The highest BCUT2D eigenvalue weighted by Gasteiger charge is 2.48. The number of benzene rings is 1. The summed E-state index contributed by atoms with van der Waals surface area (Å²) in [5, 5.41) is 6.07. The van der Waals surface area contributed by atoms with Gasteiger partial charge in [0.2, 0.25) is 5.91 Å². The van der Waals surface area contributed by atoms with Crippen LogP contribution in [0.25, 0.3) is 0 Å². The van der Waals surface area contributed by atoms with E-state index in [2.05, 4.69) is 17.2 Å². The molecule has 0 bridgehead atoms. The quantitative estimate of drug-likeness (QED) is 0.812. The van der Waals surface area contributed by atoms with Crippen LogP contribution < -0.4 is 10.6 Å². The van der Waals surface area contributed by atoms with Gasteiger partial charge in [0.15, 0.2) is 0 Å². The van der Waals surface area contributed by atoms with E-state index in [0.717, 1.165) is 12.8 Å². The fraction of sp³-hybridized carbons (Fsp3) is 0.524. The van der Waals surface area contributed by atoms with Crippen LogP contribution >= 0.6 is 0 Å². The monoisotopic (exact) mass is 344 g/mol. The molecule has 1 saturated carbocycles. The van der Waals surface area contributed by atoms with Crippen LogP contribution in [0.2, 0.25) is 0 Å². The van der Waals surface area contributed by atoms with E-state index in [-0.39, 0.29) is 23.3 Å². The van der Waals surface area contributed by atoms with E-state index in [1.165, 1.54) is 0 Å². The maximum atomic E-state index is 12.8. The molecule has 1 aromatic carbocycles. The van der Waals surface area contributed by atoms with Gasteiger partial charge in [0.25, 0.3) is 5.91 Å². The first kappa shape index (κ1) is 20.9. The van der Waals surface area contributed by atoms with E-state index in [0.29, 0.717) is 12.0 Å². The third-order valence-electron chi connectivity index (χ3n) is 4.32. The second kappa shape index (κ2) is 8.84. The Morgan fingerprint density at radius 3 is 2.24 bits per heavy atom. The number of amides is 2. The van der Waals surface area contributed by atoms with Crippen molar-refractivity contribution in [2.24, 2.45) is 5.92 Å². The maximum absolute atomic E-state index is 12.8. The molecule has 2 atom stereocenters. The van der Waals surface area contributed by atoms with Gasteiger partial charge < -0.3 is 10.6 Å². The second-order valence-corrected chi connectivity index (χ2v) is 7.70. The van der Waals surface area contributed by atoms with E-state index in [1.807, 2.05) is 52.8 Å². The third kappa shape index (κ3) is 5.73. The lowest BCUT2D eigenvalue weighted by molar-refractivity contribution is -0.130. The Hall–Kier alpha value is -2.10. The first-order valence-electron chi connectivity index (χ1n) is 8.93. The summed E-state index contributed by atoms with van der Waals surface area (Å²) in [6.07, 6.45) is 4.34. The molecule has 1 fully saturated rings. The van der Waals surface area contributed by atoms with E-state index in [1.54, 1.807) is 18.2 Å². The second-order valence-electron chi connectivity index (χ2n) is 7.70. The van der Waals surface area contributed by atoms with Crippen LogP contribution in [0.4, 0.5) is 0 Å². The van der Waals surface area contributed by atoms with Crippen molar-refractivity contribution in [2.75, 3.05) is 0 Å². The highest BCUT2D eigenvalue weighted by Crippen LogP contribution is 2.36. The molecule has 138 valence electrons. The molecule has 1 aliphatic rings. The van der Waals surface area contributed by atoms with Crippen molar-refractivity contribution in [1.29, 1.82) is 0 Å². The molecule has 0 aliphatic heterocycles. The Kier molecular flexibility index (Phi) is 7.40. The normalized spacial score (nSPS) is 22.4. The summed E-state index contributed by atoms with van der Waals surface area (Å²) in [4.78, 5) is 25.4. The van der Waals surface area contributed by atoms with Gasteiger partial charge in [0, 0.05) is 11.1 Å². The molecule has 1 aliphatic carbocycles. The molecule has 1 aromatic rings. The lowest BCUT2D eigenvalue weighted by atomic mass is 9.86. The Balaban J connectivity index is 0.000000970. The summed E-state index contributed by atoms with van der Waals surface area (Å²) in [5.41, 5.74) is -0.533. The van der Waals surface area contributed by atoms with Gasteiger partial charge in [-0.05, 0) is 58.6 Å². The highest BCUT2D eigenvalue weighted by atomic mass is 16.2. The SMILES string of the molecule is C=CC.CC1CCCC1(NC(=O)c1ccccc1)C(=O)NC(C)(C)C. The summed E-state index contributed by atoms with van der Waals surface area (Å²) in [6, 6.07) is 9.06. The van der Waals surface area contributed by atoms with Crippen molar-refractivity contribution in [1.82, 2.24) is 10.6 Å². The van der Waals surface area contributed by atoms with E-state index < -0.39 is 5.54 Å². The van der Waals surface area contributed by atoms with Crippen LogP contribution in [0.3, 0.4) is 0 Å². The van der Waals surface area contributed by atoms with Crippen LogP contribution in [-0.4, -0.2) is 22.9 Å². The number of carbonyl (C=O) groups excluding carboxylic acids is 2. The molecule has 2 rings (SSSR count). The van der Waals surface area contributed by atoms with Crippen LogP contribution in [0.15, 0.2) is 43.0 Å². The average Bonchev–Trinajstić information content (AvgIpc) is 2.89. The molecule has 0 saturated heterocycles. The van der Waals surface area contributed by atoms with Crippen molar-refractivity contribution in [3.05, 3.63) is 48.6 Å². The van der Waals surface area contributed by atoms with Gasteiger partial charge in [-0.25, -0.2) is 0 Å². The minimum absolute atomic E-state index is 0.0747. The molecular formula is C21H32N2O2. The average molecular weight is 344 g/mol. The first-order valence-corrected chi connectivity index (χ1v) is 8.93. The van der Waals surface area contributed by atoms with Crippen LogP contribution in [0, 0.1) is 5.92 Å². The minimum atomic E-state index is -0.805. The number of allylic oxidation sites excluding steroid dienone is 1. The van der Waals surface area contributed by atoms with Gasteiger partial charge in [-0.1, -0.05) is 37.6 Å². The Morgan fingerprint density at radius 2 is 1.80 bits per heavy atom. The van der Waals surface area contributed by atoms with E-state index in [9.17, 15) is 9.59 Å². The molecule has 4 heteroatoms. The first-order chi connectivity index (χ1) is 11.7. The topological polar surface area (TPSA) is 58.2 Å². The fourth-order valence-corrected chi connectivity index (χ4v) is 3.08. The van der Waals surface area contributed by atoms with Crippen molar-refractivity contribution in [2.45, 2.75) is 65.0 Å². The Bertz CT molecular complexity index is 590. The molecule has 0 heterocycles. The molecule has 0 radical (unpaired) electrons. The van der Waals surface area contributed by atoms with Gasteiger partial charge in [-0.3, -0.25) is 9.59 Å². The van der Waals surface area contributed by atoms with Crippen molar-refractivity contribution in [3.8, 4) is 0 Å². The Labute approximate surface area is 152 Å². The molecule has 2 N–H and O–H groups in total. The summed E-state index contributed by atoms with van der Waals surface area (Å²) in [7, 11) is 0. The zero-order valence-corrected chi connectivity index (χ0v) is 16.2. The van der Waals surface area contributed by atoms with E-state index >= 15 is 0 Å². The van der Waals surface area contributed by atoms with Gasteiger partial charge in [0.1, 0.15) is 5.54 Å². The zero-order chi connectivity index (χ0) is 19.1. The lowest BCUT2D eigenvalue weighted by Gasteiger charge is -2.36. The van der Waals surface area contributed by atoms with Crippen molar-refractivity contribution >= 4 is 11.8 Å². The predicted molar refractivity (Wildman–Crippen MR) is 103 cm³/mol. The molecule has 2 amide bonds. The third-order valence-corrected chi connectivity index (χ3v) is 4.32. The highest BCUT2D eigenvalue weighted by molar-refractivity contribution is 5.99. The maximum Gasteiger partial charge on any atom is 0.252 e. The van der Waals surface area contributed by atoms with Crippen LogP contribution in [-0.2, 0) is 4.79 Å². The predicted octanol–water partition coefficient (Wildman–Crippen LogP) is 4.08. The number of hydrogen-bond donors (Lipinski definition) is 2. The van der Waals surface area contributed by atoms with E-state index in [4.69, 9.17) is 0 Å². The van der Waals surface area contributed by atoms with Crippen LogP contribution in [0.5, 0.6) is 0 Å². The Morgan fingerprint density at radius 1 is 1.24 bits per heavy atom. The molecule has 25 heavy (non-hydrogen) atoms. The molecular weight excluding hydrogens is 312 g/mol. The summed E-state index contributed by atoms with van der Waals surface area (Å²) < 4.78 is 0. The van der Waals surface area contributed by atoms with Crippen LogP contribution in [0.1, 0.15) is 64.2 Å². The van der Waals surface area contributed by atoms with Gasteiger partial charge in [-0.15, -0.1) is 6.58 Å². The van der Waals surface area contributed by atoms with Gasteiger partial charge >= 0.3 is 0 Å². The standard InChI is InChI=1S/C18H26N2O2.C3H6/c1-13-9-8-12-18(13,16(22)20-17(2,3)4)19-15(21)14-10-6-5-7-11-14;1-3-2/h5-7,10-11,13H,8-9,12H2,1-4H3,(H,19,21)(H,20,22);3H,1H2,2H3. The summed E-state index contributed by atoms with van der Waals surface area (Å²) in [6.45, 7) is 13.2. The largest absolute Gasteiger partial charge is 0.349 e. The molecule has 0 spiro atoms.